The molecule has 0 bridgehead atoms. The predicted molar refractivity (Wildman–Crippen MR) is 105 cm³/mol. The van der Waals surface area contributed by atoms with Crippen LogP contribution >= 0.6 is 11.3 Å². The summed E-state index contributed by atoms with van der Waals surface area (Å²) in [6, 6.07) is 7.69. The number of nitrogens with zero attached hydrogens (tertiary/aromatic N) is 3. The fraction of sp³-hybridized carbons (Fsp3) is 0.143. The highest BCUT2D eigenvalue weighted by Gasteiger charge is 2.32. The van der Waals surface area contributed by atoms with Crippen molar-refractivity contribution < 1.29 is 18.0 Å². The molecule has 0 unspecified atom stereocenters. The van der Waals surface area contributed by atoms with Gasteiger partial charge in [0.25, 0.3) is 0 Å². The molecular weight excluding hydrogens is 399 g/mol. The van der Waals surface area contributed by atoms with Gasteiger partial charge in [0.15, 0.2) is 5.78 Å². The third kappa shape index (κ3) is 4.17. The van der Waals surface area contributed by atoms with Crippen molar-refractivity contribution in [3.05, 3.63) is 76.6 Å². The normalized spacial score (nSPS) is 11.7. The number of hydrogen-bond acceptors (Lipinski definition) is 5. The molecule has 4 aromatic heterocycles. The summed E-state index contributed by atoms with van der Waals surface area (Å²) in [5.41, 5.74) is 2.47. The first-order valence-electron chi connectivity index (χ1n) is 8.74. The number of rotatable bonds is 5. The van der Waals surface area contributed by atoms with E-state index in [0.717, 1.165) is 28.8 Å². The van der Waals surface area contributed by atoms with Crippen molar-refractivity contribution in [2.75, 3.05) is 0 Å². The predicted octanol–water partition coefficient (Wildman–Crippen LogP) is 5.59. The molecule has 0 spiro atoms. The van der Waals surface area contributed by atoms with Crippen LogP contribution in [0.3, 0.4) is 0 Å². The van der Waals surface area contributed by atoms with Crippen LogP contribution < -0.4 is 0 Å². The van der Waals surface area contributed by atoms with E-state index in [-0.39, 0.29) is 18.6 Å². The second-order valence-electron chi connectivity index (χ2n) is 6.44. The zero-order chi connectivity index (χ0) is 20.4. The number of aromatic nitrogens is 3. The monoisotopic (exact) mass is 413 g/mol. The molecule has 4 nitrogen and oxygen atoms in total. The minimum Gasteiger partial charge on any atom is -0.292 e. The average Bonchev–Trinajstić information content (AvgIpc) is 3.25. The molecule has 146 valence electrons. The summed E-state index contributed by atoms with van der Waals surface area (Å²) in [7, 11) is 0. The molecule has 0 aliphatic carbocycles. The van der Waals surface area contributed by atoms with Gasteiger partial charge in [0.05, 0.1) is 5.52 Å². The maximum Gasteiger partial charge on any atom is 0.433 e. The van der Waals surface area contributed by atoms with E-state index >= 15 is 0 Å². The van der Waals surface area contributed by atoms with E-state index in [0.29, 0.717) is 16.8 Å². The highest BCUT2D eigenvalue weighted by Crippen LogP contribution is 2.29. The number of thiophene rings is 1. The minimum atomic E-state index is -4.47. The summed E-state index contributed by atoms with van der Waals surface area (Å²) >= 11 is 1.56. The third-order valence-corrected chi connectivity index (χ3v) is 5.16. The van der Waals surface area contributed by atoms with Crippen LogP contribution in [0.1, 0.15) is 28.2 Å². The lowest BCUT2D eigenvalue weighted by molar-refractivity contribution is -0.141. The molecule has 0 radical (unpaired) electrons. The number of Topliss-reactive ketones (excluding diaryl/α,β-unsaturated/α-hetero) is 1. The van der Waals surface area contributed by atoms with E-state index in [1.54, 1.807) is 35.9 Å². The van der Waals surface area contributed by atoms with Gasteiger partial charge in [0.2, 0.25) is 0 Å². The SMILES string of the molecule is O=C(CCc1ccc(C(F)(F)F)nc1)c1ccc2cncc(-c3ccsc3)c2n1. The highest BCUT2D eigenvalue weighted by molar-refractivity contribution is 7.08. The van der Waals surface area contributed by atoms with Gasteiger partial charge in [-0.05, 0) is 52.6 Å². The fourth-order valence-corrected chi connectivity index (χ4v) is 3.61. The summed E-state index contributed by atoms with van der Waals surface area (Å²) < 4.78 is 37.8. The molecular formula is C21H14F3N3OS. The van der Waals surface area contributed by atoms with Crippen molar-refractivity contribution in [2.45, 2.75) is 19.0 Å². The lowest BCUT2D eigenvalue weighted by Crippen LogP contribution is -2.08. The van der Waals surface area contributed by atoms with Gasteiger partial charge in [-0.2, -0.15) is 24.5 Å². The Hall–Kier alpha value is -3.13. The topological polar surface area (TPSA) is 55.7 Å². The van der Waals surface area contributed by atoms with Gasteiger partial charge in [-0.25, -0.2) is 4.98 Å². The van der Waals surface area contributed by atoms with Gasteiger partial charge in [0, 0.05) is 36.0 Å². The van der Waals surface area contributed by atoms with Gasteiger partial charge in [-0.3, -0.25) is 14.8 Å². The van der Waals surface area contributed by atoms with Crippen molar-refractivity contribution in [1.29, 1.82) is 0 Å². The first-order chi connectivity index (χ1) is 13.9. The summed E-state index contributed by atoms with van der Waals surface area (Å²) in [5.74, 6) is -0.181. The number of ketones is 1. The second-order valence-corrected chi connectivity index (χ2v) is 7.22. The molecule has 0 fully saturated rings. The van der Waals surface area contributed by atoms with Crippen LogP contribution in [0.5, 0.6) is 0 Å². The Morgan fingerprint density at radius 2 is 1.90 bits per heavy atom. The van der Waals surface area contributed by atoms with Crippen molar-refractivity contribution in [3.8, 4) is 11.1 Å². The Morgan fingerprint density at radius 3 is 2.59 bits per heavy atom. The lowest BCUT2D eigenvalue weighted by atomic mass is 10.0. The molecule has 0 saturated carbocycles. The Labute approximate surface area is 168 Å². The quantitative estimate of drug-likeness (QED) is 0.401. The summed E-state index contributed by atoms with van der Waals surface area (Å²) in [5, 5.41) is 4.78. The molecule has 4 aromatic rings. The summed E-state index contributed by atoms with van der Waals surface area (Å²) in [6.45, 7) is 0. The van der Waals surface area contributed by atoms with Crippen LogP contribution in [0.15, 0.2) is 59.7 Å². The Morgan fingerprint density at radius 1 is 1.03 bits per heavy atom. The van der Waals surface area contributed by atoms with E-state index in [2.05, 4.69) is 15.0 Å². The summed E-state index contributed by atoms with van der Waals surface area (Å²) in [6.07, 6.45) is 0.518. The molecule has 4 rings (SSSR count). The van der Waals surface area contributed by atoms with Crippen LogP contribution in [0.2, 0.25) is 0 Å². The average molecular weight is 413 g/mol. The number of pyridine rings is 3. The van der Waals surface area contributed by atoms with Gasteiger partial charge in [0.1, 0.15) is 11.4 Å². The van der Waals surface area contributed by atoms with Crippen LogP contribution in [0.4, 0.5) is 13.2 Å². The smallest absolute Gasteiger partial charge is 0.292 e. The minimum absolute atomic E-state index is 0.129. The number of carbonyl (C=O) groups is 1. The van der Waals surface area contributed by atoms with Gasteiger partial charge < -0.3 is 0 Å². The van der Waals surface area contributed by atoms with Gasteiger partial charge in [-0.1, -0.05) is 6.07 Å². The molecule has 0 amide bonds. The molecule has 0 aliphatic heterocycles. The van der Waals surface area contributed by atoms with Crippen molar-refractivity contribution in [1.82, 2.24) is 15.0 Å². The zero-order valence-corrected chi connectivity index (χ0v) is 15.8. The molecule has 0 N–H and O–H groups in total. The highest BCUT2D eigenvalue weighted by atomic mass is 32.1. The van der Waals surface area contributed by atoms with E-state index in [9.17, 15) is 18.0 Å². The van der Waals surface area contributed by atoms with Crippen LogP contribution in [0, 0.1) is 0 Å². The Balaban J connectivity index is 1.54. The van der Waals surface area contributed by atoms with Gasteiger partial charge in [-0.15, -0.1) is 0 Å². The third-order valence-electron chi connectivity index (χ3n) is 4.47. The molecule has 4 heterocycles. The Kier molecular flexibility index (Phi) is 5.10. The van der Waals surface area contributed by atoms with Crippen molar-refractivity contribution in [2.24, 2.45) is 0 Å². The van der Waals surface area contributed by atoms with Crippen LogP contribution in [-0.4, -0.2) is 20.7 Å². The molecule has 8 heteroatoms. The maximum atomic E-state index is 12.6. The van der Waals surface area contributed by atoms with Gasteiger partial charge >= 0.3 is 6.18 Å². The maximum absolute atomic E-state index is 12.6. The van der Waals surface area contributed by atoms with E-state index in [1.807, 2.05) is 16.8 Å². The van der Waals surface area contributed by atoms with Crippen molar-refractivity contribution >= 4 is 28.0 Å². The molecule has 0 aromatic carbocycles. The van der Waals surface area contributed by atoms with Crippen LogP contribution in [0.25, 0.3) is 22.0 Å². The lowest BCUT2D eigenvalue weighted by Gasteiger charge is -2.07. The standard InChI is InChI=1S/C21H14F3N3OS/c22-21(23,24)19-6-2-13(9-26-19)1-5-18(28)17-4-3-14-10-25-11-16(20(14)27-17)15-7-8-29-12-15/h2-4,6-12H,1,5H2. The van der Waals surface area contributed by atoms with E-state index < -0.39 is 11.9 Å². The fourth-order valence-electron chi connectivity index (χ4n) is 2.95. The van der Waals surface area contributed by atoms with E-state index in [1.165, 1.54) is 6.07 Å². The molecule has 0 atom stereocenters. The summed E-state index contributed by atoms with van der Waals surface area (Å²) in [4.78, 5) is 24.8. The molecule has 0 aliphatic rings. The number of carbonyl (C=O) groups excluding carboxylic acids is 1. The second kappa shape index (κ2) is 7.71. The Bertz CT molecular complexity index is 1160. The number of alkyl halides is 3. The molecule has 29 heavy (non-hydrogen) atoms. The first kappa shape index (κ1) is 19.2. The largest absolute Gasteiger partial charge is 0.433 e. The van der Waals surface area contributed by atoms with Crippen molar-refractivity contribution in [3.63, 3.8) is 0 Å². The van der Waals surface area contributed by atoms with E-state index in [4.69, 9.17) is 0 Å². The number of aryl methyl sites for hydroxylation is 1. The van der Waals surface area contributed by atoms with Crippen LogP contribution in [-0.2, 0) is 12.6 Å². The number of fused-ring (bicyclic) bond motifs is 1. The zero-order valence-electron chi connectivity index (χ0n) is 15.0. The number of hydrogen-bond donors (Lipinski definition) is 0. The first-order valence-corrected chi connectivity index (χ1v) is 9.69. The number of halogens is 3. The molecule has 0 saturated heterocycles.